The predicted molar refractivity (Wildman–Crippen MR) is 58.3 cm³/mol. The molecule has 0 radical (unpaired) electrons. The Kier molecular flexibility index (Phi) is 5.08. The molecule has 0 rings (SSSR count). The van der Waals surface area contributed by atoms with Gasteiger partial charge in [-0.1, -0.05) is 20.8 Å². The van der Waals surface area contributed by atoms with Gasteiger partial charge in [0.25, 0.3) is 0 Å². The summed E-state index contributed by atoms with van der Waals surface area (Å²) >= 11 is 0. The lowest BCUT2D eigenvalue weighted by atomic mass is 9.91. The molecule has 0 saturated carbocycles. The van der Waals surface area contributed by atoms with Crippen LogP contribution in [-0.2, 0) is 24.3 Å². The van der Waals surface area contributed by atoms with E-state index in [2.05, 4.69) is 9.46 Å². The smallest absolute Gasteiger partial charge is 0.322 e. The number of Topliss-reactive ketones (excluding diaryl/α,β-unsaturated/α-hetero) is 1. The molecular formula is C9H17NO5S. The molecule has 0 aliphatic carbocycles. The third-order valence-corrected chi connectivity index (χ3v) is 3.02. The molecule has 0 unspecified atom stereocenters. The first-order valence-corrected chi connectivity index (χ1v) is 6.31. The highest BCUT2D eigenvalue weighted by atomic mass is 32.2. The lowest BCUT2D eigenvalue weighted by Crippen LogP contribution is -2.38. The van der Waals surface area contributed by atoms with Crippen molar-refractivity contribution in [3.63, 3.8) is 0 Å². The van der Waals surface area contributed by atoms with Crippen molar-refractivity contribution in [1.29, 1.82) is 0 Å². The van der Waals surface area contributed by atoms with Crippen LogP contribution >= 0.6 is 0 Å². The van der Waals surface area contributed by atoms with Crippen LogP contribution in [0.2, 0.25) is 0 Å². The number of ether oxygens (including phenoxy) is 1. The maximum Gasteiger partial charge on any atom is 0.322 e. The zero-order valence-electron chi connectivity index (χ0n) is 9.86. The molecule has 0 aromatic heterocycles. The van der Waals surface area contributed by atoms with E-state index in [0.717, 1.165) is 7.11 Å². The maximum absolute atomic E-state index is 11.4. The van der Waals surface area contributed by atoms with Crippen LogP contribution < -0.4 is 4.72 Å². The zero-order valence-corrected chi connectivity index (χ0v) is 10.7. The van der Waals surface area contributed by atoms with Crippen molar-refractivity contribution in [2.75, 3.05) is 19.4 Å². The average Bonchev–Trinajstić information content (AvgIpc) is 2.11. The number of carbonyl (C=O) groups excluding carboxylic acids is 2. The van der Waals surface area contributed by atoms with Gasteiger partial charge >= 0.3 is 5.97 Å². The van der Waals surface area contributed by atoms with Crippen LogP contribution in [0.1, 0.15) is 20.8 Å². The molecule has 6 nitrogen and oxygen atoms in total. The lowest BCUT2D eigenvalue weighted by Gasteiger charge is -2.16. The van der Waals surface area contributed by atoms with Gasteiger partial charge < -0.3 is 4.74 Å². The summed E-state index contributed by atoms with van der Waals surface area (Å²) in [6.07, 6.45) is 0. The van der Waals surface area contributed by atoms with Gasteiger partial charge in [-0.25, -0.2) is 13.1 Å². The van der Waals surface area contributed by atoms with E-state index in [1.54, 1.807) is 20.8 Å². The number of methoxy groups -OCH3 is 1. The van der Waals surface area contributed by atoms with E-state index in [9.17, 15) is 18.0 Å². The molecule has 0 aromatic carbocycles. The molecule has 0 bridgehead atoms. The Bertz CT molecular complexity index is 366. The van der Waals surface area contributed by atoms with Crippen molar-refractivity contribution in [2.24, 2.45) is 5.41 Å². The van der Waals surface area contributed by atoms with Crippen molar-refractivity contribution < 1.29 is 22.7 Å². The molecule has 0 spiro atoms. The Morgan fingerprint density at radius 2 is 1.75 bits per heavy atom. The molecule has 0 aliphatic rings. The fourth-order valence-corrected chi connectivity index (χ4v) is 1.59. The highest BCUT2D eigenvalue weighted by molar-refractivity contribution is 7.90. The highest BCUT2D eigenvalue weighted by Gasteiger charge is 2.24. The Hall–Kier alpha value is -0.950. The summed E-state index contributed by atoms with van der Waals surface area (Å²) in [6.45, 7) is 4.74. The van der Waals surface area contributed by atoms with Crippen LogP contribution in [-0.4, -0.2) is 39.6 Å². The standard InChI is InChI=1S/C9H17NO5S/c1-9(2,3)7(11)5-10-16(13,14)6-8(12)15-4/h10H,5-6H2,1-4H3. The van der Waals surface area contributed by atoms with Gasteiger partial charge in [0.2, 0.25) is 10.0 Å². The van der Waals surface area contributed by atoms with E-state index in [1.165, 1.54) is 0 Å². The minimum absolute atomic E-state index is 0.249. The molecule has 94 valence electrons. The number of esters is 1. The van der Waals surface area contributed by atoms with Crippen molar-refractivity contribution in [3.8, 4) is 0 Å². The topological polar surface area (TPSA) is 89.5 Å². The molecule has 0 fully saturated rings. The summed E-state index contributed by atoms with van der Waals surface area (Å²) in [5, 5.41) is 0. The summed E-state index contributed by atoms with van der Waals surface area (Å²) in [4.78, 5) is 22.2. The monoisotopic (exact) mass is 251 g/mol. The molecule has 16 heavy (non-hydrogen) atoms. The number of nitrogens with one attached hydrogen (secondary N) is 1. The van der Waals surface area contributed by atoms with Crippen molar-refractivity contribution in [3.05, 3.63) is 0 Å². The first kappa shape index (κ1) is 15.0. The Morgan fingerprint density at radius 1 is 1.25 bits per heavy atom. The molecule has 0 heterocycles. The zero-order chi connectivity index (χ0) is 13.0. The minimum atomic E-state index is -3.79. The van der Waals surface area contributed by atoms with E-state index < -0.39 is 27.2 Å². The number of carbonyl (C=O) groups is 2. The number of sulfonamides is 1. The van der Waals surface area contributed by atoms with Crippen LogP contribution in [0.25, 0.3) is 0 Å². The average molecular weight is 251 g/mol. The van der Waals surface area contributed by atoms with Gasteiger partial charge in [0.05, 0.1) is 13.7 Å². The molecule has 0 saturated heterocycles. The van der Waals surface area contributed by atoms with Crippen LogP contribution in [0, 0.1) is 5.41 Å². The summed E-state index contributed by atoms with van der Waals surface area (Å²) in [6, 6.07) is 0. The molecule has 1 N–H and O–H groups in total. The Labute approximate surface area is 95.4 Å². The lowest BCUT2D eigenvalue weighted by molar-refractivity contribution is -0.137. The van der Waals surface area contributed by atoms with Gasteiger partial charge in [0.15, 0.2) is 11.5 Å². The molecule has 0 aliphatic heterocycles. The van der Waals surface area contributed by atoms with Crippen LogP contribution in [0.5, 0.6) is 0 Å². The molecule has 7 heteroatoms. The number of rotatable bonds is 5. The normalized spacial score (nSPS) is 12.2. The Morgan fingerprint density at radius 3 is 2.12 bits per heavy atom. The second-order valence-corrected chi connectivity index (χ2v) is 6.14. The molecule has 0 amide bonds. The summed E-state index contributed by atoms with van der Waals surface area (Å²) in [5.74, 6) is -1.89. The fraction of sp³-hybridized carbons (Fsp3) is 0.778. The summed E-state index contributed by atoms with van der Waals surface area (Å²) in [7, 11) is -2.70. The van der Waals surface area contributed by atoms with Crippen molar-refractivity contribution in [1.82, 2.24) is 4.72 Å². The van der Waals surface area contributed by atoms with E-state index in [1.807, 2.05) is 0 Å². The van der Waals surface area contributed by atoms with Crippen LogP contribution in [0.15, 0.2) is 0 Å². The summed E-state index contributed by atoms with van der Waals surface area (Å²) in [5.41, 5.74) is -0.617. The SMILES string of the molecule is COC(=O)CS(=O)(=O)NCC(=O)C(C)(C)C. The number of hydrogen-bond acceptors (Lipinski definition) is 5. The molecular weight excluding hydrogens is 234 g/mol. The van der Waals surface area contributed by atoms with E-state index in [0.29, 0.717) is 0 Å². The van der Waals surface area contributed by atoms with E-state index in [4.69, 9.17) is 0 Å². The largest absolute Gasteiger partial charge is 0.468 e. The van der Waals surface area contributed by atoms with Crippen LogP contribution in [0.4, 0.5) is 0 Å². The van der Waals surface area contributed by atoms with Gasteiger partial charge in [0, 0.05) is 5.41 Å². The van der Waals surface area contributed by atoms with E-state index in [-0.39, 0.29) is 12.3 Å². The van der Waals surface area contributed by atoms with Gasteiger partial charge in [-0.3, -0.25) is 9.59 Å². The highest BCUT2D eigenvalue weighted by Crippen LogP contribution is 2.13. The molecule has 0 aromatic rings. The first-order chi connectivity index (χ1) is 7.08. The van der Waals surface area contributed by atoms with E-state index >= 15 is 0 Å². The van der Waals surface area contributed by atoms with Gasteiger partial charge in [-0.15, -0.1) is 0 Å². The maximum atomic E-state index is 11.4. The minimum Gasteiger partial charge on any atom is -0.468 e. The quantitative estimate of drug-likeness (QED) is 0.677. The third-order valence-electron chi connectivity index (χ3n) is 1.82. The third kappa shape index (κ3) is 5.82. The summed E-state index contributed by atoms with van der Waals surface area (Å²) < 4.78 is 28.8. The predicted octanol–water partition coefficient (Wildman–Crippen LogP) is -0.306. The Balaban J connectivity index is 4.31. The van der Waals surface area contributed by atoms with Gasteiger partial charge in [-0.05, 0) is 0 Å². The second-order valence-electron chi connectivity index (χ2n) is 4.33. The fourth-order valence-electron chi connectivity index (χ4n) is 0.706. The van der Waals surface area contributed by atoms with Gasteiger partial charge in [-0.2, -0.15) is 0 Å². The first-order valence-electron chi connectivity index (χ1n) is 4.66. The molecule has 0 atom stereocenters. The number of hydrogen-bond donors (Lipinski definition) is 1. The van der Waals surface area contributed by atoms with Crippen molar-refractivity contribution >= 4 is 21.8 Å². The second kappa shape index (κ2) is 5.40. The van der Waals surface area contributed by atoms with Crippen LogP contribution in [0.3, 0.4) is 0 Å². The van der Waals surface area contributed by atoms with Crippen molar-refractivity contribution in [2.45, 2.75) is 20.8 Å². The number of ketones is 1. The van der Waals surface area contributed by atoms with Gasteiger partial charge in [0.1, 0.15) is 0 Å².